The van der Waals surface area contributed by atoms with Crippen molar-refractivity contribution in [2.24, 2.45) is 4.99 Å². The Morgan fingerprint density at radius 3 is 2.70 bits per heavy atom. The summed E-state index contributed by atoms with van der Waals surface area (Å²) < 4.78 is 12.9. The van der Waals surface area contributed by atoms with Crippen LogP contribution in [0.2, 0.25) is 0 Å². The molecule has 3 unspecified atom stereocenters. The van der Waals surface area contributed by atoms with Gasteiger partial charge in [-0.25, -0.2) is 0 Å². The van der Waals surface area contributed by atoms with Gasteiger partial charge in [0.05, 0.1) is 12.7 Å². The van der Waals surface area contributed by atoms with Gasteiger partial charge in [0.2, 0.25) is 0 Å². The van der Waals surface area contributed by atoms with Crippen molar-refractivity contribution in [3.8, 4) is 0 Å². The molecule has 1 N–H and O–H groups in total. The summed E-state index contributed by atoms with van der Waals surface area (Å²) >= 11 is 5.35. The molecule has 0 amide bonds. The number of rotatable bonds is 5. The number of guanidine groups is 1. The van der Waals surface area contributed by atoms with E-state index >= 15 is 0 Å². The van der Waals surface area contributed by atoms with Gasteiger partial charge in [0.25, 0.3) is 0 Å². The molecule has 2 saturated heterocycles. The molecule has 0 saturated carbocycles. The Labute approximate surface area is 192 Å². The van der Waals surface area contributed by atoms with Crippen molar-refractivity contribution in [1.82, 2.24) is 10.2 Å². The number of ether oxygens (including phenoxy) is 2. The molecule has 3 rings (SSSR count). The average Bonchev–Trinajstić information content (AvgIpc) is 3.19. The second kappa shape index (κ2) is 11.8. The molecule has 8 heteroatoms. The van der Waals surface area contributed by atoms with Crippen LogP contribution in [-0.2, 0) is 9.47 Å². The Morgan fingerprint density at radius 2 is 2.04 bits per heavy atom. The largest absolute Gasteiger partial charge is 0.375 e. The van der Waals surface area contributed by atoms with Crippen LogP contribution >= 0.6 is 51.7 Å². The summed E-state index contributed by atoms with van der Waals surface area (Å²) in [6, 6.07) is 8.46. The van der Waals surface area contributed by atoms with Crippen LogP contribution in [0.3, 0.4) is 0 Å². The fourth-order valence-electron chi connectivity index (χ4n) is 3.34. The Kier molecular flexibility index (Phi) is 10.2. The number of morpholine rings is 1. The number of hydrogen-bond acceptors (Lipinski definition) is 4. The van der Waals surface area contributed by atoms with Gasteiger partial charge in [-0.3, -0.25) is 4.99 Å². The Hall–Kier alpha value is -0.0300. The summed E-state index contributed by atoms with van der Waals surface area (Å²) in [6.45, 7) is 6.42. The normalized spacial score (nSPS) is 24.4. The number of nitrogens with one attached hydrogen (secondary N) is 1. The minimum Gasteiger partial charge on any atom is -0.375 e. The Morgan fingerprint density at radius 1 is 1.30 bits per heavy atom. The van der Waals surface area contributed by atoms with E-state index in [4.69, 9.17) is 9.47 Å². The third-order valence-electron chi connectivity index (χ3n) is 4.68. The molecule has 27 heavy (non-hydrogen) atoms. The predicted octanol–water partition coefficient (Wildman–Crippen LogP) is 4.00. The average molecular weight is 570 g/mol. The highest BCUT2D eigenvalue weighted by Crippen LogP contribution is 2.25. The molecule has 1 aromatic carbocycles. The maximum absolute atomic E-state index is 5.94. The van der Waals surface area contributed by atoms with Gasteiger partial charge in [0.1, 0.15) is 6.10 Å². The van der Waals surface area contributed by atoms with E-state index in [0.29, 0.717) is 5.25 Å². The van der Waals surface area contributed by atoms with Gasteiger partial charge in [-0.15, -0.1) is 35.7 Å². The van der Waals surface area contributed by atoms with Crippen molar-refractivity contribution in [3.05, 3.63) is 28.7 Å². The molecule has 2 aliphatic heterocycles. The Balaban J connectivity index is 0.00000261. The number of halogens is 2. The van der Waals surface area contributed by atoms with E-state index in [1.807, 2.05) is 18.8 Å². The molecule has 0 bridgehead atoms. The van der Waals surface area contributed by atoms with Crippen molar-refractivity contribution in [1.29, 1.82) is 0 Å². The van der Waals surface area contributed by atoms with E-state index in [1.165, 1.54) is 4.90 Å². The lowest BCUT2D eigenvalue weighted by Gasteiger charge is -2.37. The zero-order valence-corrected chi connectivity index (χ0v) is 20.6. The van der Waals surface area contributed by atoms with Gasteiger partial charge in [-0.2, -0.15) is 0 Å². The lowest BCUT2D eigenvalue weighted by atomic mass is 10.1. The lowest BCUT2D eigenvalue weighted by Crippen LogP contribution is -2.53. The van der Waals surface area contributed by atoms with Gasteiger partial charge in [-0.1, -0.05) is 22.9 Å². The standard InChI is InChI=1S/C19H28BrN3O2S.HI/c1-14(26-16-7-5-15(20)6-8-16)12-22-19(21-2)23-9-11-25-18(13-23)17-4-3-10-24-17;/h5-8,14,17-18H,3-4,9-13H2,1-2H3,(H,21,22);1H. The summed E-state index contributed by atoms with van der Waals surface area (Å²) in [5, 5.41) is 3.98. The summed E-state index contributed by atoms with van der Waals surface area (Å²) in [5.41, 5.74) is 0. The molecule has 0 spiro atoms. The van der Waals surface area contributed by atoms with Gasteiger partial charge in [0, 0.05) is 47.9 Å². The van der Waals surface area contributed by atoms with Gasteiger partial charge < -0.3 is 19.7 Å². The van der Waals surface area contributed by atoms with Crippen LogP contribution in [-0.4, -0.2) is 68.2 Å². The molecular formula is C19H29BrIN3O2S. The van der Waals surface area contributed by atoms with Crippen LogP contribution in [0, 0.1) is 0 Å². The molecule has 2 fully saturated rings. The summed E-state index contributed by atoms with van der Waals surface area (Å²) in [7, 11) is 1.85. The van der Waals surface area contributed by atoms with Crippen molar-refractivity contribution in [2.75, 3.05) is 39.9 Å². The molecule has 1 aromatic rings. The SMILES string of the molecule is CN=C(NCC(C)Sc1ccc(Br)cc1)N1CCOC(C2CCCO2)C1.I. The number of aliphatic imine (C=N–C) groups is 1. The van der Waals surface area contributed by atoms with Crippen molar-refractivity contribution in [3.63, 3.8) is 0 Å². The fourth-order valence-corrected chi connectivity index (χ4v) is 4.53. The van der Waals surface area contributed by atoms with Crippen LogP contribution in [0.15, 0.2) is 38.6 Å². The van der Waals surface area contributed by atoms with Gasteiger partial charge in [-0.05, 0) is 37.1 Å². The zero-order chi connectivity index (χ0) is 18.4. The lowest BCUT2D eigenvalue weighted by molar-refractivity contribution is -0.0816. The molecule has 152 valence electrons. The second-order valence-corrected chi connectivity index (χ2v) is 9.14. The quantitative estimate of drug-likeness (QED) is 0.251. The predicted molar refractivity (Wildman–Crippen MR) is 127 cm³/mol. The molecule has 2 heterocycles. The highest BCUT2D eigenvalue weighted by atomic mass is 127. The van der Waals surface area contributed by atoms with E-state index in [0.717, 1.165) is 56.1 Å². The molecule has 0 aromatic heterocycles. The fraction of sp³-hybridized carbons (Fsp3) is 0.632. The number of nitrogens with zero attached hydrogens (tertiary/aromatic N) is 2. The van der Waals surface area contributed by atoms with Crippen LogP contribution < -0.4 is 5.32 Å². The first-order chi connectivity index (χ1) is 12.7. The molecule has 5 nitrogen and oxygen atoms in total. The van der Waals surface area contributed by atoms with Crippen LogP contribution in [0.25, 0.3) is 0 Å². The summed E-state index contributed by atoms with van der Waals surface area (Å²) in [4.78, 5) is 8.06. The first kappa shape index (κ1) is 23.3. The van der Waals surface area contributed by atoms with Crippen LogP contribution in [0.5, 0.6) is 0 Å². The summed E-state index contributed by atoms with van der Waals surface area (Å²) in [5.74, 6) is 0.958. The first-order valence-corrected chi connectivity index (χ1v) is 10.9. The van der Waals surface area contributed by atoms with E-state index in [-0.39, 0.29) is 36.2 Å². The third-order valence-corrected chi connectivity index (χ3v) is 6.32. The highest BCUT2D eigenvalue weighted by molar-refractivity contribution is 14.0. The number of benzene rings is 1. The maximum atomic E-state index is 5.94. The van der Waals surface area contributed by atoms with Crippen molar-refractivity contribution < 1.29 is 9.47 Å². The molecule has 3 atom stereocenters. The third kappa shape index (κ3) is 7.06. The molecule has 0 aliphatic carbocycles. The van der Waals surface area contributed by atoms with E-state index in [9.17, 15) is 0 Å². The first-order valence-electron chi connectivity index (χ1n) is 9.26. The minimum absolute atomic E-state index is 0. The van der Waals surface area contributed by atoms with Gasteiger partial charge >= 0.3 is 0 Å². The monoisotopic (exact) mass is 569 g/mol. The zero-order valence-electron chi connectivity index (χ0n) is 15.9. The van der Waals surface area contributed by atoms with Crippen LogP contribution in [0.4, 0.5) is 0 Å². The van der Waals surface area contributed by atoms with Crippen LogP contribution in [0.1, 0.15) is 19.8 Å². The van der Waals surface area contributed by atoms with E-state index in [2.05, 4.69) is 62.3 Å². The second-order valence-electron chi connectivity index (χ2n) is 6.72. The van der Waals surface area contributed by atoms with Crippen molar-refractivity contribution >= 4 is 57.6 Å². The number of thioether (sulfide) groups is 1. The Bertz CT molecular complexity index is 599. The summed E-state index contributed by atoms with van der Waals surface area (Å²) in [6.07, 6.45) is 2.63. The van der Waals surface area contributed by atoms with E-state index in [1.54, 1.807) is 0 Å². The highest BCUT2D eigenvalue weighted by Gasteiger charge is 2.32. The minimum atomic E-state index is 0. The maximum Gasteiger partial charge on any atom is 0.193 e. The van der Waals surface area contributed by atoms with Crippen molar-refractivity contribution in [2.45, 2.75) is 42.1 Å². The van der Waals surface area contributed by atoms with E-state index < -0.39 is 0 Å². The molecule has 2 aliphatic rings. The number of hydrogen-bond donors (Lipinski definition) is 1. The smallest absolute Gasteiger partial charge is 0.193 e. The molecule has 0 radical (unpaired) electrons. The van der Waals surface area contributed by atoms with Gasteiger partial charge in [0.15, 0.2) is 5.96 Å². The topological polar surface area (TPSA) is 46.1 Å². The molecular weight excluding hydrogens is 541 g/mol.